The maximum Gasteiger partial charge on any atom is 0.202 e. The molecule has 5 rings (SSSR count). The SMILES string of the molecule is Cc1ccc(-n2c(O)c3c(c2O)[C@H]2C=C[C@@H]3CC2)cc1C. The highest BCUT2D eigenvalue weighted by atomic mass is 16.3. The van der Waals surface area contributed by atoms with Crippen molar-refractivity contribution in [2.45, 2.75) is 38.5 Å². The van der Waals surface area contributed by atoms with E-state index in [2.05, 4.69) is 19.1 Å². The second-order valence-electron chi connectivity index (χ2n) is 6.25. The van der Waals surface area contributed by atoms with Crippen LogP contribution >= 0.6 is 0 Å². The molecule has 21 heavy (non-hydrogen) atoms. The Morgan fingerprint density at radius 2 is 1.48 bits per heavy atom. The molecule has 0 fully saturated rings. The van der Waals surface area contributed by atoms with Gasteiger partial charge in [-0.15, -0.1) is 0 Å². The number of allylic oxidation sites excluding steroid dienone is 2. The fourth-order valence-electron chi connectivity index (χ4n) is 3.72. The van der Waals surface area contributed by atoms with Gasteiger partial charge in [0.15, 0.2) is 0 Å². The average molecular weight is 281 g/mol. The highest BCUT2D eigenvalue weighted by Crippen LogP contribution is 2.54. The van der Waals surface area contributed by atoms with Crippen LogP contribution in [-0.2, 0) is 0 Å². The van der Waals surface area contributed by atoms with Gasteiger partial charge in [-0.25, -0.2) is 0 Å². The van der Waals surface area contributed by atoms with Crippen LogP contribution in [0.3, 0.4) is 0 Å². The van der Waals surface area contributed by atoms with Gasteiger partial charge in [-0.2, -0.15) is 0 Å². The highest BCUT2D eigenvalue weighted by molar-refractivity contribution is 5.60. The highest BCUT2D eigenvalue weighted by Gasteiger charge is 2.37. The molecule has 2 bridgehead atoms. The van der Waals surface area contributed by atoms with Crippen LogP contribution < -0.4 is 0 Å². The molecule has 2 atom stereocenters. The van der Waals surface area contributed by atoms with E-state index in [1.807, 2.05) is 25.1 Å². The molecule has 0 amide bonds. The Bertz CT molecular complexity index is 733. The average Bonchev–Trinajstić information content (AvgIpc) is 2.78. The Hall–Kier alpha value is -2.16. The van der Waals surface area contributed by atoms with Crippen LogP contribution in [0.1, 0.15) is 46.9 Å². The third-order valence-electron chi connectivity index (χ3n) is 5.05. The Kier molecular flexibility index (Phi) is 2.49. The molecule has 0 aliphatic heterocycles. The molecule has 0 radical (unpaired) electrons. The molecule has 0 unspecified atom stereocenters. The largest absolute Gasteiger partial charge is 0.494 e. The van der Waals surface area contributed by atoms with Crippen molar-refractivity contribution in [3.05, 3.63) is 52.6 Å². The molecule has 3 heteroatoms. The minimum absolute atomic E-state index is 0.199. The summed E-state index contributed by atoms with van der Waals surface area (Å²) in [5.74, 6) is 0.877. The molecule has 1 aromatic carbocycles. The standard InChI is InChI=1S/C18H19NO2/c1-10-3-8-14(9-11(10)2)19-17(20)15-12-4-5-13(7-6-12)16(15)18(19)21/h3-5,8-9,12-13,20-21H,6-7H2,1-2H3/t12-,13+. The van der Waals surface area contributed by atoms with Crippen molar-refractivity contribution in [3.8, 4) is 17.4 Å². The van der Waals surface area contributed by atoms with Crippen LogP contribution in [0, 0.1) is 13.8 Å². The summed E-state index contributed by atoms with van der Waals surface area (Å²) < 4.78 is 1.59. The number of rotatable bonds is 1. The summed E-state index contributed by atoms with van der Waals surface area (Å²) in [4.78, 5) is 0. The number of hydrogen-bond donors (Lipinski definition) is 2. The van der Waals surface area contributed by atoms with Crippen molar-refractivity contribution >= 4 is 0 Å². The fourth-order valence-corrected chi connectivity index (χ4v) is 3.72. The second kappa shape index (κ2) is 4.17. The summed E-state index contributed by atoms with van der Waals surface area (Å²) in [6.45, 7) is 4.10. The van der Waals surface area contributed by atoms with Gasteiger partial charge in [-0.1, -0.05) is 18.2 Å². The van der Waals surface area contributed by atoms with Gasteiger partial charge >= 0.3 is 0 Å². The van der Waals surface area contributed by atoms with Crippen molar-refractivity contribution in [3.63, 3.8) is 0 Å². The minimum atomic E-state index is 0.199. The van der Waals surface area contributed by atoms with E-state index in [0.717, 1.165) is 35.2 Å². The fraction of sp³-hybridized carbons (Fsp3) is 0.333. The van der Waals surface area contributed by atoms with E-state index in [9.17, 15) is 10.2 Å². The van der Waals surface area contributed by atoms with E-state index < -0.39 is 0 Å². The topological polar surface area (TPSA) is 45.4 Å². The van der Waals surface area contributed by atoms with Gasteiger partial charge in [0.05, 0.1) is 5.69 Å². The van der Waals surface area contributed by atoms with Crippen LogP contribution in [0.5, 0.6) is 11.8 Å². The molecule has 0 saturated heterocycles. The quantitative estimate of drug-likeness (QED) is 0.775. The van der Waals surface area contributed by atoms with E-state index >= 15 is 0 Å². The Balaban J connectivity index is 1.96. The van der Waals surface area contributed by atoms with Crippen molar-refractivity contribution in [2.24, 2.45) is 0 Å². The van der Waals surface area contributed by atoms with E-state index in [1.54, 1.807) is 4.57 Å². The molecule has 2 aromatic rings. The lowest BCUT2D eigenvalue weighted by Gasteiger charge is -2.30. The number of nitrogens with zero attached hydrogens (tertiary/aromatic N) is 1. The summed E-state index contributed by atoms with van der Waals surface area (Å²) in [7, 11) is 0. The molecular weight excluding hydrogens is 262 g/mol. The van der Waals surface area contributed by atoms with Crippen LogP contribution in [0.2, 0.25) is 0 Å². The van der Waals surface area contributed by atoms with Crippen LogP contribution in [-0.4, -0.2) is 14.8 Å². The molecule has 3 aliphatic rings. The monoisotopic (exact) mass is 281 g/mol. The smallest absolute Gasteiger partial charge is 0.202 e. The Labute approximate surface area is 124 Å². The summed E-state index contributed by atoms with van der Waals surface area (Å²) in [5, 5.41) is 21.3. The first-order valence-corrected chi connectivity index (χ1v) is 7.50. The molecule has 2 N–H and O–H groups in total. The minimum Gasteiger partial charge on any atom is -0.494 e. The first-order chi connectivity index (χ1) is 10.1. The number of hydrogen-bond acceptors (Lipinski definition) is 2. The van der Waals surface area contributed by atoms with Crippen molar-refractivity contribution in [2.75, 3.05) is 0 Å². The lowest BCUT2D eigenvalue weighted by molar-refractivity contribution is 0.399. The maximum atomic E-state index is 10.7. The van der Waals surface area contributed by atoms with Crippen molar-refractivity contribution in [1.82, 2.24) is 4.57 Å². The van der Waals surface area contributed by atoms with Crippen LogP contribution in [0.15, 0.2) is 30.4 Å². The normalized spacial score (nSPS) is 22.6. The lowest BCUT2D eigenvalue weighted by atomic mass is 9.73. The molecule has 1 heterocycles. The van der Waals surface area contributed by atoms with E-state index in [1.165, 1.54) is 5.56 Å². The molecule has 3 nitrogen and oxygen atoms in total. The number of aromatic nitrogens is 1. The van der Waals surface area contributed by atoms with Gasteiger partial charge in [0.25, 0.3) is 0 Å². The van der Waals surface area contributed by atoms with E-state index in [0.29, 0.717) is 0 Å². The number of aryl methyl sites for hydroxylation is 2. The van der Waals surface area contributed by atoms with Gasteiger partial charge in [0.1, 0.15) is 0 Å². The third-order valence-corrected chi connectivity index (χ3v) is 5.05. The van der Waals surface area contributed by atoms with E-state index in [-0.39, 0.29) is 23.6 Å². The van der Waals surface area contributed by atoms with Gasteiger partial charge < -0.3 is 10.2 Å². The van der Waals surface area contributed by atoms with Gasteiger partial charge in [0.2, 0.25) is 11.8 Å². The maximum absolute atomic E-state index is 10.7. The van der Waals surface area contributed by atoms with Crippen molar-refractivity contribution < 1.29 is 10.2 Å². The second-order valence-corrected chi connectivity index (χ2v) is 6.25. The zero-order valence-corrected chi connectivity index (χ0v) is 12.3. The summed E-state index contributed by atoms with van der Waals surface area (Å²) >= 11 is 0. The summed E-state index contributed by atoms with van der Waals surface area (Å²) in [6, 6.07) is 5.98. The third kappa shape index (κ3) is 1.60. The molecule has 1 aromatic heterocycles. The predicted molar refractivity (Wildman–Crippen MR) is 82.4 cm³/mol. The van der Waals surface area contributed by atoms with Crippen LogP contribution in [0.25, 0.3) is 5.69 Å². The zero-order chi connectivity index (χ0) is 14.7. The Morgan fingerprint density at radius 3 is 1.95 bits per heavy atom. The summed E-state index contributed by atoms with van der Waals surface area (Å²) in [6.07, 6.45) is 6.44. The van der Waals surface area contributed by atoms with Crippen LogP contribution in [0.4, 0.5) is 0 Å². The molecular formula is C18H19NO2. The predicted octanol–water partition coefficient (Wildman–Crippen LogP) is 4.04. The zero-order valence-electron chi connectivity index (χ0n) is 12.3. The Morgan fingerprint density at radius 1 is 0.905 bits per heavy atom. The molecule has 0 spiro atoms. The van der Waals surface area contributed by atoms with E-state index in [4.69, 9.17) is 0 Å². The number of benzene rings is 1. The van der Waals surface area contributed by atoms with Gasteiger partial charge in [-0.3, -0.25) is 4.57 Å². The number of fused-ring (bicyclic) bond motifs is 1. The number of aromatic hydroxyl groups is 2. The molecule has 0 saturated carbocycles. The molecule has 108 valence electrons. The van der Waals surface area contributed by atoms with Crippen molar-refractivity contribution in [1.29, 1.82) is 0 Å². The summed E-state index contributed by atoms with van der Waals surface area (Å²) in [5.41, 5.74) is 5.02. The first kappa shape index (κ1) is 12.6. The lowest BCUT2D eigenvalue weighted by Crippen LogP contribution is -2.15. The van der Waals surface area contributed by atoms with Gasteiger partial charge in [-0.05, 0) is 49.9 Å². The van der Waals surface area contributed by atoms with Gasteiger partial charge in [0, 0.05) is 23.0 Å². The first-order valence-electron chi connectivity index (χ1n) is 7.50. The molecule has 3 aliphatic carbocycles.